The highest BCUT2D eigenvalue weighted by Gasteiger charge is 2.07. The Morgan fingerprint density at radius 3 is 2.70 bits per heavy atom. The van der Waals surface area contributed by atoms with Crippen molar-refractivity contribution >= 4 is 15.9 Å². The van der Waals surface area contributed by atoms with Crippen LogP contribution in [0.15, 0.2) is 40.9 Å². The SMILES string of the molecule is COc1ccc(Br)cc1COc1ccc(C#N)c(F)c1. The van der Waals surface area contributed by atoms with E-state index in [1.807, 2.05) is 18.2 Å². The van der Waals surface area contributed by atoms with Crippen LogP contribution in [0.4, 0.5) is 4.39 Å². The second kappa shape index (κ2) is 6.40. The Balaban J connectivity index is 2.15. The summed E-state index contributed by atoms with van der Waals surface area (Å²) in [5, 5.41) is 8.66. The molecular formula is C15H11BrFNO2. The summed E-state index contributed by atoms with van der Waals surface area (Å²) in [6, 6.07) is 11.5. The molecular weight excluding hydrogens is 325 g/mol. The van der Waals surface area contributed by atoms with Gasteiger partial charge < -0.3 is 9.47 Å². The van der Waals surface area contributed by atoms with Gasteiger partial charge in [0.25, 0.3) is 0 Å². The van der Waals surface area contributed by atoms with Gasteiger partial charge in [0, 0.05) is 16.1 Å². The van der Waals surface area contributed by atoms with Crippen LogP contribution in [0.2, 0.25) is 0 Å². The van der Waals surface area contributed by atoms with Gasteiger partial charge in [-0.15, -0.1) is 0 Å². The minimum atomic E-state index is -0.591. The van der Waals surface area contributed by atoms with Gasteiger partial charge in [-0.1, -0.05) is 15.9 Å². The maximum atomic E-state index is 13.5. The van der Waals surface area contributed by atoms with Crippen molar-refractivity contribution in [1.29, 1.82) is 5.26 Å². The summed E-state index contributed by atoms with van der Waals surface area (Å²) < 4.78 is 25.1. The monoisotopic (exact) mass is 335 g/mol. The molecule has 2 aromatic rings. The van der Waals surface area contributed by atoms with Gasteiger partial charge in [-0.05, 0) is 30.3 Å². The minimum Gasteiger partial charge on any atom is -0.496 e. The molecule has 2 aromatic carbocycles. The molecule has 0 aliphatic carbocycles. The van der Waals surface area contributed by atoms with Gasteiger partial charge in [-0.3, -0.25) is 0 Å². The van der Waals surface area contributed by atoms with E-state index in [0.29, 0.717) is 11.5 Å². The van der Waals surface area contributed by atoms with Crippen LogP contribution < -0.4 is 9.47 Å². The molecule has 0 heterocycles. The van der Waals surface area contributed by atoms with Crippen LogP contribution in [0.1, 0.15) is 11.1 Å². The zero-order valence-corrected chi connectivity index (χ0v) is 12.3. The fourth-order valence-corrected chi connectivity index (χ4v) is 2.11. The van der Waals surface area contributed by atoms with Gasteiger partial charge in [0.15, 0.2) is 0 Å². The first-order chi connectivity index (χ1) is 9.63. The van der Waals surface area contributed by atoms with E-state index in [1.165, 1.54) is 12.1 Å². The first-order valence-corrected chi connectivity index (χ1v) is 6.58. The number of benzene rings is 2. The van der Waals surface area contributed by atoms with Gasteiger partial charge in [-0.2, -0.15) is 5.26 Å². The molecule has 3 nitrogen and oxygen atoms in total. The van der Waals surface area contributed by atoms with E-state index < -0.39 is 5.82 Å². The first kappa shape index (κ1) is 14.4. The lowest BCUT2D eigenvalue weighted by Crippen LogP contribution is -1.99. The maximum absolute atomic E-state index is 13.5. The van der Waals surface area contributed by atoms with Crippen molar-refractivity contribution in [2.24, 2.45) is 0 Å². The van der Waals surface area contributed by atoms with E-state index in [9.17, 15) is 4.39 Å². The second-order valence-corrected chi connectivity index (χ2v) is 4.91. The molecule has 102 valence electrons. The Bertz CT molecular complexity index is 667. The summed E-state index contributed by atoms with van der Waals surface area (Å²) >= 11 is 3.38. The van der Waals surface area contributed by atoms with E-state index in [4.69, 9.17) is 14.7 Å². The highest BCUT2D eigenvalue weighted by Crippen LogP contribution is 2.25. The minimum absolute atomic E-state index is 0.00242. The van der Waals surface area contributed by atoms with E-state index in [-0.39, 0.29) is 12.2 Å². The molecule has 5 heteroatoms. The van der Waals surface area contributed by atoms with Crippen molar-refractivity contribution in [3.63, 3.8) is 0 Å². The van der Waals surface area contributed by atoms with Gasteiger partial charge in [0.2, 0.25) is 0 Å². The fraction of sp³-hybridized carbons (Fsp3) is 0.133. The Labute approximate surface area is 124 Å². The molecule has 0 spiro atoms. The normalized spacial score (nSPS) is 9.90. The quantitative estimate of drug-likeness (QED) is 0.846. The zero-order valence-electron chi connectivity index (χ0n) is 10.7. The summed E-state index contributed by atoms with van der Waals surface area (Å²) in [5.74, 6) is 0.469. The summed E-state index contributed by atoms with van der Waals surface area (Å²) in [6.07, 6.45) is 0. The molecule has 0 fully saturated rings. The standard InChI is InChI=1S/C15H11BrFNO2/c1-19-15-5-3-12(16)6-11(15)9-20-13-4-2-10(8-18)14(17)7-13/h2-7H,9H2,1H3. The molecule has 0 atom stereocenters. The average Bonchev–Trinajstić information content (AvgIpc) is 2.45. The Morgan fingerprint density at radius 2 is 2.05 bits per heavy atom. The summed E-state index contributed by atoms with van der Waals surface area (Å²) in [4.78, 5) is 0. The topological polar surface area (TPSA) is 42.2 Å². The van der Waals surface area contributed by atoms with Crippen LogP contribution in [-0.4, -0.2) is 7.11 Å². The number of hydrogen-bond acceptors (Lipinski definition) is 3. The predicted octanol–water partition coefficient (Wildman–Crippen LogP) is 4.05. The second-order valence-electron chi connectivity index (χ2n) is 4.00. The molecule has 0 amide bonds. The summed E-state index contributed by atoms with van der Waals surface area (Å²) in [7, 11) is 1.58. The molecule has 0 radical (unpaired) electrons. The molecule has 0 saturated carbocycles. The number of nitrogens with zero attached hydrogens (tertiary/aromatic N) is 1. The van der Waals surface area contributed by atoms with E-state index in [1.54, 1.807) is 19.2 Å². The Hall–Kier alpha value is -2.06. The third-order valence-corrected chi connectivity index (χ3v) is 3.19. The summed E-state index contributed by atoms with van der Waals surface area (Å²) in [5.41, 5.74) is 0.837. The smallest absolute Gasteiger partial charge is 0.144 e. The average molecular weight is 336 g/mol. The van der Waals surface area contributed by atoms with Crippen LogP contribution in [0.3, 0.4) is 0 Å². The molecule has 0 bridgehead atoms. The van der Waals surface area contributed by atoms with Gasteiger partial charge >= 0.3 is 0 Å². The van der Waals surface area contributed by atoms with E-state index in [2.05, 4.69) is 15.9 Å². The van der Waals surface area contributed by atoms with Gasteiger partial charge in [-0.25, -0.2) is 4.39 Å². The largest absolute Gasteiger partial charge is 0.496 e. The lowest BCUT2D eigenvalue weighted by atomic mass is 10.2. The first-order valence-electron chi connectivity index (χ1n) is 5.79. The van der Waals surface area contributed by atoms with Crippen molar-refractivity contribution in [3.8, 4) is 17.6 Å². The molecule has 2 rings (SSSR count). The number of nitriles is 1. The third kappa shape index (κ3) is 3.28. The van der Waals surface area contributed by atoms with Crippen molar-refractivity contribution < 1.29 is 13.9 Å². The highest BCUT2D eigenvalue weighted by atomic mass is 79.9. The van der Waals surface area contributed by atoms with Gasteiger partial charge in [0.05, 0.1) is 12.7 Å². The van der Waals surface area contributed by atoms with E-state index >= 15 is 0 Å². The van der Waals surface area contributed by atoms with Crippen LogP contribution in [0, 0.1) is 17.1 Å². The van der Waals surface area contributed by atoms with Crippen LogP contribution in [0.5, 0.6) is 11.5 Å². The molecule has 0 aromatic heterocycles. The fourth-order valence-electron chi connectivity index (χ4n) is 1.70. The number of halogens is 2. The lowest BCUT2D eigenvalue weighted by Gasteiger charge is -2.11. The zero-order chi connectivity index (χ0) is 14.5. The van der Waals surface area contributed by atoms with Crippen molar-refractivity contribution in [2.75, 3.05) is 7.11 Å². The summed E-state index contributed by atoms with van der Waals surface area (Å²) in [6.45, 7) is 0.244. The Morgan fingerprint density at radius 1 is 1.25 bits per heavy atom. The molecule has 20 heavy (non-hydrogen) atoms. The Kier molecular flexibility index (Phi) is 4.59. The molecule has 0 unspecified atom stereocenters. The molecule has 0 aliphatic rings. The third-order valence-electron chi connectivity index (χ3n) is 2.70. The highest BCUT2D eigenvalue weighted by molar-refractivity contribution is 9.10. The number of ether oxygens (including phenoxy) is 2. The van der Waals surface area contributed by atoms with Crippen molar-refractivity contribution in [3.05, 3.63) is 57.8 Å². The van der Waals surface area contributed by atoms with Crippen LogP contribution in [-0.2, 0) is 6.61 Å². The van der Waals surface area contributed by atoms with Crippen LogP contribution >= 0.6 is 15.9 Å². The van der Waals surface area contributed by atoms with Crippen molar-refractivity contribution in [1.82, 2.24) is 0 Å². The number of hydrogen-bond donors (Lipinski definition) is 0. The molecule has 0 N–H and O–H groups in total. The van der Waals surface area contributed by atoms with Crippen molar-refractivity contribution in [2.45, 2.75) is 6.61 Å². The van der Waals surface area contributed by atoms with Gasteiger partial charge in [0.1, 0.15) is 30.0 Å². The lowest BCUT2D eigenvalue weighted by molar-refractivity contribution is 0.295. The van der Waals surface area contributed by atoms with Crippen LogP contribution in [0.25, 0.3) is 0 Å². The maximum Gasteiger partial charge on any atom is 0.144 e. The molecule has 0 saturated heterocycles. The number of methoxy groups -OCH3 is 1. The number of rotatable bonds is 4. The van der Waals surface area contributed by atoms with E-state index in [0.717, 1.165) is 10.0 Å². The molecule has 0 aliphatic heterocycles. The predicted molar refractivity (Wildman–Crippen MR) is 76.1 cm³/mol.